The molecule has 1 rings (SSSR count). The highest BCUT2D eigenvalue weighted by Gasteiger charge is 2.22. The smallest absolute Gasteiger partial charge is 0.407 e. The highest BCUT2D eigenvalue weighted by Crippen LogP contribution is 2.03. The normalized spacial score (nSPS) is 12.4. The standard InChI is InChI=1S/C19H26N2O6/c1-3-4-10-16(18(24)26-2)21-17(23)11-15(22)12-20-19(25)27-13-14-8-6-5-7-9-14/h3,5-9,15-16,22H,1,4,10-13H2,2H3,(H,20,25)(H,21,23)/t15-,16+/m1/s1. The Labute approximate surface area is 158 Å². The Balaban J connectivity index is 2.31. The zero-order valence-corrected chi connectivity index (χ0v) is 15.3. The summed E-state index contributed by atoms with van der Waals surface area (Å²) in [6.07, 6.45) is 0.408. The number of hydrogen-bond acceptors (Lipinski definition) is 6. The van der Waals surface area contributed by atoms with Gasteiger partial charge in [0.25, 0.3) is 0 Å². The molecule has 0 radical (unpaired) electrons. The van der Waals surface area contributed by atoms with Crippen LogP contribution in [0, 0.1) is 0 Å². The van der Waals surface area contributed by atoms with Crippen LogP contribution in [-0.4, -0.2) is 48.9 Å². The van der Waals surface area contributed by atoms with Crippen molar-refractivity contribution in [2.45, 2.75) is 38.0 Å². The first-order valence-electron chi connectivity index (χ1n) is 8.57. The number of methoxy groups -OCH3 is 1. The number of rotatable bonds is 11. The fourth-order valence-electron chi connectivity index (χ4n) is 2.19. The molecule has 0 aliphatic rings. The first kappa shape index (κ1) is 22.2. The molecule has 0 spiro atoms. The fraction of sp³-hybridized carbons (Fsp3) is 0.421. The number of aliphatic hydroxyl groups is 1. The lowest BCUT2D eigenvalue weighted by molar-refractivity contribution is -0.145. The number of aliphatic hydroxyl groups excluding tert-OH is 1. The second kappa shape index (κ2) is 12.5. The molecule has 0 bridgehead atoms. The van der Waals surface area contributed by atoms with Crippen molar-refractivity contribution in [1.29, 1.82) is 0 Å². The van der Waals surface area contributed by atoms with E-state index in [0.29, 0.717) is 12.8 Å². The van der Waals surface area contributed by atoms with E-state index in [4.69, 9.17) is 4.74 Å². The SMILES string of the molecule is C=CCC[C@H](NC(=O)C[C@@H](O)CNC(=O)OCc1ccccc1)C(=O)OC. The van der Waals surface area contributed by atoms with Gasteiger partial charge >= 0.3 is 12.1 Å². The number of carbonyl (C=O) groups is 3. The van der Waals surface area contributed by atoms with Gasteiger partial charge in [0.2, 0.25) is 5.91 Å². The minimum Gasteiger partial charge on any atom is -0.467 e. The summed E-state index contributed by atoms with van der Waals surface area (Å²) in [6.45, 7) is 3.51. The van der Waals surface area contributed by atoms with Crippen molar-refractivity contribution in [3.8, 4) is 0 Å². The van der Waals surface area contributed by atoms with Crippen molar-refractivity contribution in [1.82, 2.24) is 10.6 Å². The average molecular weight is 378 g/mol. The molecule has 2 atom stereocenters. The monoisotopic (exact) mass is 378 g/mol. The van der Waals surface area contributed by atoms with Crippen LogP contribution in [0.15, 0.2) is 43.0 Å². The van der Waals surface area contributed by atoms with Crippen LogP contribution in [0.4, 0.5) is 4.79 Å². The molecule has 2 amide bonds. The van der Waals surface area contributed by atoms with Gasteiger partial charge in [0, 0.05) is 6.54 Å². The van der Waals surface area contributed by atoms with Crippen molar-refractivity contribution >= 4 is 18.0 Å². The van der Waals surface area contributed by atoms with E-state index in [1.54, 1.807) is 6.08 Å². The molecule has 0 aliphatic carbocycles. The number of alkyl carbamates (subject to hydrolysis) is 1. The van der Waals surface area contributed by atoms with Gasteiger partial charge in [-0.3, -0.25) is 4.79 Å². The van der Waals surface area contributed by atoms with Crippen LogP contribution in [0.25, 0.3) is 0 Å². The predicted octanol–water partition coefficient (Wildman–Crippen LogP) is 1.29. The third-order valence-corrected chi connectivity index (χ3v) is 3.60. The third-order valence-electron chi connectivity index (χ3n) is 3.60. The molecule has 0 aromatic heterocycles. The maximum atomic E-state index is 12.0. The number of benzene rings is 1. The van der Waals surface area contributed by atoms with E-state index < -0.39 is 30.1 Å². The van der Waals surface area contributed by atoms with E-state index >= 15 is 0 Å². The third kappa shape index (κ3) is 9.41. The minimum atomic E-state index is -1.12. The van der Waals surface area contributed by atoms with Gasteiger partial charge in [0.1, 0.15) is 12.6 Å². The predicted molar refractivity (Wildman–Crippen MR) is 98.6 cm³/mol. The van der Waals surface area contributed by atoms with Crippen LogP contribution in [0.1, 0.15) is 24.8 Å². The van der Waals surface area contributed by atoms with E-state index in [9.17, 15) is 19.5 Å². The van der Waals surface area contributed by atoms with Gasteiger partial charge in [-0.05, 0) is 18.4 Å². The molecule has 0 saturated carbocycles. The number of ether oxygens (including phenoxy) is 2. The van der Waals surface area contributed by atoms with Gasteiger partial charge in [-0.25, -0.2) is 9.59 Å². The van der Waals surface area contributed by atoms with Crippen molar-refractivity contribution in [2.75, 3.05) is 13.7 Å². The van der Waals surface area contributed by atoms with Crippen LogP contribution in [-0.2, 0) is 25.7 Å². The van der Waals surface area contributed by atoms with Gasteiger partial charge in [0.05, 0.1) is 19.6 Å². The van der Waals surface area contributed by atoms with Gasteiger partial charge in [-0.2, -0.15) is 0 Å². The molecule has 8 heteroatoms. The summed E-state index contributed by atoms with van der Waals surface area (Å²) >= 11 is 0. The summed E-state index contributed by atoms with van der Waals surface area (Å²) in [5, 5.41) is 14.8. The fourth-order valence-corrected chi connectivity index (χ4v) is 2.19. The summed E-state index contributed by atoms with van der Waals surface area (Å²) in [5.74, 6) is -1.09. The first-order chi connectivity index (χ1) is 13.0. The lowest BCUT2D eigenvalue weighted by atomic mass is 10.1. The molecule has 0 saturated heterocycles. The minimum absolute atomic E-state index is 0.105. The topological polar surface area (TPSA) is 114 Å². The van der Waals surface area contributed by atoms with Crippen molar-refractivity contribution in [3.05, 3.63) is 48.6 Å². The van der Waals surface area contributed by atoms with E-state index in [0.717, 1.165) is 5.56 Å². The van der Waals surface area contributed by atoms with E-state index in [1.807, 2.05) is 30.3 Å². The maximum Gasteiger partial charge on any atom is 0.407 e. The van der Waals surface area contributed by atoms with Crippen LogP contribution in [0.5, 0.6) is 0 Å². The number of amides is 2. The number of allylic oxidation sites excluding steroid dienone is 1. The van der Waals surface area contributed by atoms with E-state index in [1.165, 1.54) is 7.11 Å². The molecule has 0 aliphatic heterocycles. The summed E-state index contributed by atoms with van der Waals surface area (Å²) in [6, 6.07) is 8.34. The summed E-state index contributed by atoms with van der Waals surface area (Å²) in [7, 11) is 1.23. The van der Waals surface area contributed by atoms with E-state index in [-0.39, 0.29) is 19.6 Å². The summed E-state index contributed by atoms with van der Waals surface area (Å²) in [5.41, 5.74) is 0.834. The van der Waals surface area contributed by atoms with Gasteiger partial charge in [-0.1, -0.05) is 36.4 Å². The lowest BCUT2D eigenvalue weighted by Gasteiger charge is -2.17. The van der Waals surface area contributed by atoms with Crippen LogP contribution in [0.3, 0.4) is 0 Å². The molecule has 1 aromatic rings. The number of esters is 1. The molecule has 1 aromatic carbocycles. The van der Waals surface area contributed by atoms with Crippen LogP contribution in [0.2, 0.25) is 0 Å². The average Bonchev–Trinajstić information content (AvgIpc) is 2.68. The van der Waals surface area contributed by atoms with Gasteiger partial charge in [0.15, 0.2) is 0 Å². The highest BCUT2D eigenvalue weighted by atomic mass is 16.5. The lowest BCUT2D eigenvalue weighted by Crippen LogP contribution is -2.43. The van der Waals surface area contributed by atoms with Crippen molar-refractivity contribution < 1.29 is 29.0 Å². The Bertz CT molecular complexity index is 620. The summed E-state index contributed by atoms with van der Waals surface area (Å²) in [4.78, 5) is 35.2. The highest BCUT2D eigenvalue weighted by molar-refractivity contribution is 5.84. The number of carbonyl (C=O) groups excluding carboxylic acids is 3. The molecule has 0 unspecified atom stereocenters. The van der Waals surface area contributed by atoms with E-state index in [2.05, 4.69) is 21.9 Å². The molecule has 27 heavy (non-hydrogen) atoms. The zero-order valence-electron chi connectivity index (χ0n) is 15.3. The molecule has 0 heterocycles. The maximum absolute atomic E-state index is 12.0. The number of hydrogen-bond donors (Lipinski definition) is 3. The molecular weight excluding hydrogens is 352 g/mol. The Morgan fingerprint density at radius 2 is 1.96 bits per heavy atom. The first-order valence-corrected chi connectivity index (χ1v) is 8.57. The van der Waals surface area contributed by atoms with Gasteiger partial charge < -0.3 is 25.2 Å². The zero-order chi connectivity index (χ0) is 20.1. The largest absolute Gasteiger partial charge is 0.467 e. The second-order valence-corrected chi connectivity index (χ2v) is 5.81. The summed E-state index contributed by atoms with van der Waals surface area (Å²) < 4.78 is 9.64. The van der Waals surface area contributed by atoms with Crippen LogP contribution < -0.4 is 10.6 Å². The molecule has 0 fully saturated rings. The molecular formula is C19H26N2O6. The van der Waals surface area contributed by atoms with Crippen LogP contribution >= 0.6 is 0 Å². The Hall–Kier alpha value is -2.87. The quantitative estimate of drug-likeness (QED) is 0.395. The molecule has 8 nitrogen and oxygen atoms in total. The van der Waals surface area contributed by atoms with Crippen molar-refractivity contribution in [3.63, 3.8) is 0 Å². The Morgan fingerprint density at radius 3 is 2.59 bits per heavy atom. The molecule has 148 valence electrons. The molecule has 3 N–H and O–H groups in total. The Morgan fingerprint density at radius 1 is 1.26 bits per heavy atom. The number of nitrogens with one attached hydrogen (secondary N) is 2. The van der Waals surface area contributed by atoms with Gasteiger partial charge in [-0.15, -0.1) is 6.58 Å². The Kier molecular flexibility index (Phi) is 10.2. The van der Waals surface area contributed by atoms with Crippen molar-refractivity contribution in [2.24, 2.45) is 0 Å². The second-order valence-electron chi connectivity index (χ2n) is 5.81.